The number of anilines is 1. The largest absolute Gasteiger partial charge is 0.320 e. The molecule has 1 saturated carbocycles. The number of likely N-dealkylation sites (tertiary alicyclic amines) is 1. The molecule has 24 heavy (non-hydrogen) atoms. The van der Waals surface area contributed by atoms with Gasteiger partial charge in [0.1, 0.15) is 5.82 Å². The summed E-state index contributed by atoms with van der Waals surface area (Å²) in [7, 11) is 0. The van der Waals surface area contributed by atoms with Crippen molar-refractivity contribution in [2.75, 3.05) is 25.0 Å². The number of aryl methyl sites for hydroxylation is 2. The number of carbonyl (C=O) groups is 1. The number of hydrogen-bond donors (Lipinski definition) is 1. The number of hydrogen-bond acceptors (Lipinski definition) is 1. The van der Waals surface area contributed by atoms with Crippen LogP contribution in [0.2, 0.25) is 0 Å². The maximum atomic E-state index is 13.5. The minimum atomic E-state index is -0.248. The first-order valence-corrected chi connectivity index (χ1v) is 8.88. The molecule has 3 nitrogen and oxygen atoms in total. The molecule has 1 radical (unpaired) electrons. The number of benzene rings is 1. The Kier molecular flexibility index (Phi) is 6.26. The Morgan fingerprint density at radius 1 is 1.17 bits per heavy atom. The van der Waals surface area contributed by atoms with E-state index in [2.05, 4.69) is 12.2 Å². The second-order valence-electron chi connectivity index (χ2n) is 7.37. The molecule has 0 bridgehead atoms. The van der Waals surface area contributed by atoms with Crippen LogP contribution in [0.3, 0.4) is 0 Å². The molecule has 129 valence electrons. The summed E-state index contributed by atoms with van der Waals surface area (Å²) in [4.78, 5) is 13.1. The molecule has 3 rings (SSSR count). The van der Waals surface area contributed by atoms with Crippen LogP contribution in [0.25, 0.3) is 0 Å². The van der Waals surface area contributed by atoms with Crippen LogP contribution >= 0.6 is 0 Å². The first-order chi connectivity index (χ1) is 10.9. The second kappa shape index (κ2) is 7.51. The monoisotopic (exact) mass is 408 g/mol. The minimum Gasteiger partial charge on any atom is -0.320 e. The van der Waals surface area contributed by atoms with E-state index < -0.39 is 0 Å². The van der Waals surface area contributed by atoms with Crippen LogP contribution in [0.5, 0.6) is 0 Å². The maximum Gasteiger partial charge on any atom is 0.285 e. The van der Waals surface area contributed by atoms with Crippen LogP contribution in [0.4, 0.5) is 10.1 Å². The molecule has 1 aromatic carbocycles. The molecule has 0 aromatic heterocycles. The van der Waals surface area contributed by atoms with Gasteiger partial charge in [0.05, 0.1) is 19.6 Å². The molecular formula is C19H28FN2OY+. The predicted molar refractivity (Wildman–Crippen MR) is 90.9 cm³/mol. The van der Waals surface area contributed by atoms with Crippen LogP contribution in [-0.2, 0) is 37.5 Å². The van der Waals surface area contributed by atoms with Gasteiger partial charge >= 0.3 is 0 Å². The Bertz CT molecular complexity index is 599. The van der Waals surface area contributed by atoms with E-state index in [1.807, 2.05) is 13.8 Å². The molecule has 1 aromatic rings. The van der Waals surface area contributed by atoms with Crippen molar-refractivity contribution in [3.8, 4) is 0 Å². The van der Waals surface area contributed by atoms with Crippen molar-refractivity contribution < 1.29 is 46.4 Å². The van der Waals surface area contributed by atoms with E-state index in [1.165, 1.54) is 31.4 Å². The molecule has 1 amide bonds. The first kappa shape index (κ1) is 20.0. The maximum absolute atomic E-state index is 13.5. The molecule has 0 atom stereocenters. The number of halogens is 1. The van der Waals surface area contributed by atoms with Crippen molar-refractivity contribution >= 4 is 11.6 Å². The van der Waals surface area contributed by atoms with E-state index in [0.29, 0.717) is 0 Å². The summed E-state index contributed by atoms with van der Waals surface area (Å²) in [6.45, 7) is 9.19. The van der Waals surface area contributed by atoms with Crippen molar-refractivity contribution in [3.05, 3.63) is 29.1 Å². The van der Waals surface area contributed by atoms with Gasteiger partial charge in [0.2, 0.25) is 0 Å². The van der Waals surface area contributed by atoms with Crippen LogP contribution in [0.1, 0.15) is 50.2 Å². The summed E-state index contributed by atoms with van der Waals surface area (Å²) in [5.74, 6) is -0.105. The Hall–Kier alpha value is -0.316. The van der Waals surface area contributed by atoms with Crippen LogP contribution < -0.4 is 5.32 Å². The summed E-state index contributed by atoms with van der Waals surface area (Å²) < 4.78 is 14.4. The normalized spacial score (nSPS) is 20.8. The summed E-state index contributed by atoms with van der Waals surface area (Å²) in [5.41, 5.74) is 2.14. The molecular weight excluding hydrogens is 380 g/mol. The smallest absolute Gasteiger partial charge is 0.285 e. The van der Waals surface area contributed by atoms with Crippen LogP contribution in [0, 0.1) is 19.7 Å². The molecule has 5 heteroatoms. The minimum absolute atomic E-state index is 0. The van der Waals surface area contributed by atoms with Crippen LogP contribution in [-0.4, -0.2) is 35.6 Å². The molecule has 2 fully saturated rings. The van der Waals surface area contributed by atoms with Crippen molar-refractivity contribution in [1.29, 1.82) is 0 Å². The van der Waals surface area contributed by atoms with Gasteiger partial charge < -0.3 is 9.80 Å². The summed E-state index contributed by atoms with van der Waals surface area (Å²) >= 11 is 0. The number of nitrogens with one attached hydrogen (secondary N) is 1. The van der Waals surface area contributed by atoms with Crippen molar-refractivity contribution in [2.24, 2.45) is 0 Å². The Morgan fingerprint density at radius 2 is 1.71 bits per heavy atom. The zero-order valence-corrected chi connectivity index (χ0v) is 18.0. The van der Waals surface area contributed by atoms with E-state index in [-0.39, 0.29) is 50.0 Å². The average molecular weight is 408 g/mol. The fourth-order valence-corrected chi connectivity index (χ4v) is 4.54. The number of carbonyl (C=O) groups excluding carboxylic acids is 1. The van der Waals surface area contributed by atoms with E-state index in [0.717, 1.165) is 53.8 Å². The zero-order valence-electron chi connectivity index (χ0n) is 15.1. The average Bonchev–Trinajstić information content (AvgIpc) is 3.33. The SMILES string of the molecule is CC[N+]1(C2(C(=O)Nc3c(C)cc(F)cc3C)CC2)CCCCC1.[Y]. The van der Waals surface area contributed by atoms with E-state index in [1.54, 1.807) is 0 Å². The summed E-state index contributed by atoms with van der Waals surface area (Å²) in [6, 6.07) is 2.99. The van der Waals surface area contributed by atoms with Gasteiger partial charge in [0.15, 0.2) is 5.54 Å². The Balaban J connectivity index is 0.00000208. The standard InChI is InChI=1S/C19H27FN2O.Y/c1-4-22(10-6-5-7-11-22)19(8-9-19)18(23)21-17-14(2)12-16(20)13-15(17)3;/h12-13H,4-11H2,1-3H3;/p+1. The van der Waals surface area contributed by atoms with Crippen LogP contribution in [0.15, 0.2) is 12.1 Å². The van der Waals surface area contributed by atoms with Crippen molar-refractivity contribution in [1.82, 2.24) is 0 Å². The topological polar surface area (TPSA) is 29.1 Å². The van der Waals surface area contributed by atoms with E-state index >= 15 is 0 Å². The third kappa shape index (κ3) is 3.34. The third-order valence-electron chi connectivity index (χ3n) is 6.07. The number of piperidine rings is 1. The van der Waals surface area contributed by atoms with E-state index in [4.69, 9.17) is 0 Å². The summed E-state index contributed by atoms with van der Waals surface area (Å²) in [6.07, 6.45) is 5.68. The molecule has 1 aliphatic carbocycles. The van der Waals surface area contributed by atoms with Gasteiger partial charge in [0, 0.05) is 51.2 Å². The van der Waals surface area contributed by atoms with Gasteiger partial charge in [-0.3, -0.25) is 4.79 Å². The molecule has 2 aliphatic rings. The molecule has 0 spiro atoms. The number of amides is 1. The van der Waals surface area contributed by atoms with Crippen molar-refractivity contribution in [3.63, 3.8) is 0 Å². The van der Waals surface area contributed by atoms with Gasteiger partial charge in [-0.2, -0.15) is 0 Å². The van der Waals surface area contributed by atoms with Gasteiger partial charge in [-0.05, 0) is 63.3 Å². The number of nitrogens with zero attached hydrogens (tertiary/aromatic N) is 1. The first-order valence-electron chi connectivity index (χ1n) is 8.88. The van der Waals surface area contributed by atoms with Gasteiger partial charge in [-0.25, -0.2) is 4.39 Å². The molecule has 1 N–H and O–H groups in total. The summed E-state index contributed by atoms with van der Waals surface area (Å²) in [5, 5.41) is 3.14. The molecule has 0 unspecified atom stereocenters. The van der Waals surface area contributed by atoms with Crippen molar-refractivity contribution in [2.45, 2.75) is 58.4 Å². The molecule has 1 aliphatic heterocycles. The number of quaternary nitrogens is 1. The predicted octanol–water partition coefficient (Wildman–Crippen LogP) is 3.93. The van der Waals surface area contributed by atoms with Gasteiger partial charge in [-0.15, -0.1) is 0 Å². The fraction of sp³-hybridized carbons (Fsp3) is 0.632. The Labute approximate surface area is 169 Å². The quantitative estimate of drug-likeness (QED) is 0.752. The third-order valence-corrected chi connectivity index (χ3v) is 6.07. The molecule has 1 saturated heterocycles. The Morgan fingerprint density at radius 3 is 2.17 bits per heavy atom. The molecule has 1 heterocycles. The second-order valence-corrected chi connectivity index (χ2v) is 7.37. The number of rotatable bonds is 4. The van der Waals surface area contributed by atoms with Gasteiger partial charge in [0.25, 0.3) is 5.91 Å². The number of likely N-dealkylation sites (N-methyl/N-ethyl adjacent to an activating group) is 1. The zero-order chi connectivity index (χ0) is 16.7. The van der Waals surface area contributed by atoms with E-state index in [9.17, 15) is 9.18 Å². The fourth-order valence-electron chi connectivity index (χ4n) is 4.54. The van der Waals surface area contributed by atoms with Gasteiger partial charge in [-0.1, -0.05) is 0 Å².